The normalized spacial score (nSPS) is 12.1. The Kier molecular flexibility index (Phi) is 6.11. The molecule has 0 saturated heterocycles. The van der Waals surface area contributed by atoms with Crippen molar-refractivity contribution < 1.29 is 22.8 Å². The third-order valence-electron chi connectivity index (χ3n) is 4.71. The lowest BCUT2D eigenvalue weighted by molar-refractivity contribution is 0.416. The van der Waals surface area contributed by atoms with Crippen molar-refractivity contribution in [1.29, 1.82) is 0 Å². The molecule has 0 saturated carbocycles. The van der Waals surface area contributed by atoms with Crippen LogP contribution in [0.25, 0.3) is 10.8 Å². The zero-order chi connectivity index (χ0) is 23.4. The van der Waals surface area contributed by atoms with Crippen LogP contribution >= 0.6 is 0 Å². The molecule has 0 aliphatic carbocycles. The maximum atomic E-state index is 11.7. The van der Waals surface area contributed by atoms with Crippen LogP contribution in [0.2, 0.25) is 0 Å². The first-order valence-electron chi connectivity index (χ1n) is 9.65. The lowest BCUT2D eigenvalue weighted by Crippen LogP contribution is -1.97. The highest BCUT2D eigenvalue weighted by Crippen LogP contribution is 2.37. The number of hydrogen-bond acceptors (Lipinski definition) is 8. The summed E-state index contributed by atoms with van der Waals surface area (Å²) in [6.07, 6.45) is 0. The van der Waals surface area contributed by atoms with Gasteiger partial charge in [-0.05, 0) is 60.7 Å². The van der Waals surface area contributed by atoms with Crippen LogP contribution < -0.4 is 4.74 Å². The number of nitrogens with zero attached hydrogens (tertiary/aromatic N) is 4. The summed E-state index contributed by atoms with van der Waals surface area (Å²) >= 11 is 0. The van der Waals surface area contributed by atoms with Crippen molar-refractivity contribution in [3.8, 4) is 11.5 Å². The second-order valence-corrected chi connectivity index (χ2v) is 8.30. The Morgan fingerprint density at radius 2 is 1.36 bits per heavy atom. The molecular weight excluding hydrogens is 444 g/mol. The summed E-state index contributed by atoms with van der Waals surface area (Å²) < 4.78 is 38.2. The van der Waals surface area contributed by atoms with E-state index in [0.29, 0.717) is 39.3 Å². The van der Waals surface area contributed by atoms with Crippen molar-refractivity contribution in [1.82, 2.24) is 0 Å². The van der Waals surface area contributed by atoms with Crippen LogP contribution in [0.1, 0.15) is 0 Å². The smallest absolute Gasteiger partial charge is 0.294 e. The molecule has 4 rings (SSSR count). The maximum Gasteiger partial charge on any atom is 0.294 e. The number of phenols is 1. The Bertz CT molecular complexity index is 1480. The van der Waals surface area contributed by atoms with Crippen LogP contribution in [-0.2, 0) is 10.1 Å². The number of para-hydroxylation sites is 1. The number of methoxy groups -OCH3 is 1. The Morgan fingerprint density at radius 3 is 2.06 bits per heavy atom. The molecule has 0 fully saturated rings. The fourth-order valence-corrected chi connectivity index (χ4v) is 3.59. The SMILES string of the molecule is COc1ccccc1N=Nc1ccc(N=Nc2ccc(O)cc2)c2ccc(S(=O)(=O)O)cc12. The number of azo groups is 2. The molecule has 0 spiro atoms. The van der Waals surface area contributed by atoms with E-state index in [4.69, 9.17) is 4.74 Å². The first-order valence-corrected chi connectivity index (χ1v) is 11.1. The highest BCUT2D eigenvalue weighted by molar-refractivity contribution is 7.85. The summed E-state index contributed by atoms with van der Waals surface area (Å²) in [6, 6.07) is 20.7. The molecule has 166 valence electrons. The van der Waals surface area contributed by atoms with Gasteiger partial charge in [-0.25, -0.2) is 0 Å². The zero-order valence-electron chi connectivity index (χ0n) is 17.3. The van der Waals surface area contributed by atoms with Crippen molar-refractivity contribution in [2.45, 2.75) is 4.90 Å². The van der Waals surface area contributed by atoms with E-state index in [1.54, 1.807) is 48.5 Å². The van der Waals surface area contributed by atoms with Crippen LogP contribution in [0.4, 0.5) is 22.7 Å². The van der Waals surface area contributed by atoms with Gasteiger partial charge in [0.25, 0.3) is 10.1 Å². The summed E-state index contributed by atoms with van der Waals surface area (Å²) in [7, 11) is -2.91. The van der Waals surface area contributed by atoms with Crippen LogP contribution in [0.3, 0.4) is 0 Å². The van der Waals surface area contributed by atoms with Crippen LogP contribution in [0.5, 0.6) is 11.5 Å². The molecule has 2 N–H and O–H groups in total. The first kappa shape index (κ1) is 22.1. The van der Waals surface area contributed by atoms with Gasteiger partial charge in [-0.1, -0.05) is 18.2 Å². The third-order valence-corrected chi connectivity index (χ3v) is 5.56. The largest absolute Gasteiger partial charge is 0.508 e. The Morgan fingerprint density at radius 1 is 0.727 bits per heavy atom. The standard InChI is InChI=1S/C23H18N4O5S/c1-32-23-5-3-2-4-22(23)27-26-21-13-12-20(25-24-15-6-8-16(28)9-7-15)18-11-10-17(14-19(18)21)33(29,30)31/h2-14,28H,1H3,(H,29,30,31). The molecule has 0 amide bonds. The van der Waals surface area contributed by atoms with Crippen molar-refractivity contribution in [2.75, 3.05) is 7.11 Å². The molecule has 0 bridgehead atoms. The number of phenolic OH excluding ortho intramolecular Hbond substituents is 1. The van der Waals surface area contributed by atoms with E-state index in [1.165, 1.54) is 37.4 Å². The topological polar surface area (TPSA) is 133 Å². The van der Waals surface area contributed by atoms with E-state index in [1.807, 2.05) is 0 Å². The number of rotatable bonds is 6. The average Bonchev–Trinajstić information content (AvgIpc) is 2.82. The van der Waals surface area contributed by atoms with Gasteiger partial charge in [-0.2, -0.15) is 13.5 Å². The maximum absolute atomic E-state index is 11.7. The highest BCUT2D eigenvalue weighted by Gasteiger charge is 2.14. The fourth-order valence-electron chi connectivity index (χ4n) is 3.08. The molecule has 9 nitrogen and oxygen atoms in total. The lowest BCUT2D eigenvalue weighted by atomic mass is 10.1. The summed E-state index contributed by atoms with van der Waals surface area (Å²) in [4.78, 5) is -0.281. The molecule has 0 radical (unpaired) electrons. The Labute approximate surface area is 189 Å². The van der Waals surface area contributed by atoms with Gasteiger partial charge in [-0.15, -0.1) is 15.3 Å². The Hall–Kier alpha value is -4.15. The quantitative estimate of drug-likeness (QED) is 0.245. The van der Waals surface area contributed by atoms with Gasteiger partial charge >= 0.3 is 0 Å². The van der Waals surface area contributed by atoms with Gasteiger partial charge in [0.15, 0.2) is 0 Å². The Balaban J connectivity index is 1.82. The number of benzene rings is 4. The van der Waals surface area contributed by atoms with Crippen LogP contribution in [0.15, 0.2) is 104 Å². The van der Waals surface area contributed by atoms with E-state index in [0.717, 1.165) is 0 Å². The second kappa shape index (κ2) is 9.15. The molecule has 33 heavy (non-hydrogen) atoms. The molecule has 0 aliphatic rings. The number of aromatic hydroxyl groups is 1. The minimum Gasteiger partial charge on any atom is -0.508 e. The van der Waals surface area contributed by atoms with Crippen LogP contribution in [-0.4, -0.2) is 25.2 Å². The molecule has 4 aromatic carbocycles. The van der Waals surface area contributed by atoms with E-state index in [2.05, 4.69) is 20.5 Å². The van der Waals surface area contributed by atoms with E-state index in [9.17, 15) is 18.1 Å². The van der Waals surface area contributed by atoms with Gasteiger partial charge < -0.3 is 9.84 Å². The molecular formula is C23H18N4O5S. The van der Waals surface area contributed by atoms with Crippen LogP contribution in [0, 0.1) is 0 Å². The lowest BCUT2D eigenvalue weighted by Gasteiger charge is -2.07. The third kappa shape index (κ3) is 5.03. The minimum atomic E-state index is -4.43. The molecule has 0 aromatic heterocycles. The molecule has 0 heterocycles. The van der Waals surface area contributed by atoms with Crippen molar-refractivity contribution in [3.63, 3.8) is 0 Å². The molecule has 10 heteroatoms. The summed E-state index contributed by atoms with van der Waals surface area (Å²) in [6.45, 7) is 0. The van der Waals surface area contributed by atoms with Gasteiger partial charge in [0, 0.05) is 10.8 Å². The van der Waals surface area contributed by atoms with Gasteiger partial charge in [0.2, 0.25) is 0 Å². The average molecular weight is 462 g/mol. The van der Waals surface area contributed by atoms with E-state index in [-0.39, 0.29) is 10.6 Å². The fraction of sp³-hybridized carbons (Fsp3) is 0.0435. The molecule has 4 aromatic rings. The number of ether oxygens (including phenoxy) is 1. The predicted octanol–water partition coefficient (Wildman–Crippen LogP) is 6.63. The first-order chi connectivity index (χ1) is 15.8. The van der Waals surface area contributed by atoms with E-state index < -0.39 is 10.1 Å². The zero-order valence-corrected chi connectivity index (χ0v) is 18.1. The highest BCUT2D eigenvalue weighted by atomic mass is 32.2. The molecule has 0 unspecified atom stereocenters. The van der Waals surface area contributed by atoms with Crippen molar-refractivity contribution >= 4 is 43.6 Å². The summed E-state index contributed by atoms with van der Waals surface area (Å²) in [5.74, 6) is 0.644. The van der Waals surface area contributed by atoms with Gasteiger partial charge in [-0.3, -0.25) is 4.55 Å². The summed E-state index contributed by atoms with van der Waals surface area (Å²) in [5.41, 5.74) is 1.84. The van der Waals surface area contributed by atoms with E-state index >= 15 is 0 Å². The minimum absolute atomic E-state index is 0.113. The second-order valence-electron chi connectivity index (χ2n) is 6.87. The van der Waals surface area contributed by atoms with Gasteiger partial charge in [0.05, 0.1) is 29.1 Å². The summed E-state index contributed by atoms with van der Waals surface area (Å²) in [5, 5.41) is 27.3. The van der Waals surface area contributed by atoms with Crippen molar-refractivity contribution in [3.05, 3.63) is 78.9 Å². The molecule has 0 aliphatic heterocycles. The number of hydrogen-bond donors (Lipinski definition) is 2. The predicted molar refractivity (Wildman–Crippen MR) is 123 cm³/mol. The van der Waals surface area contributed by atoms with Crippen molar-refractivity contribution in [2.24, 2.45) is 20.5 Å². The monoisotopic (exact) mass is 462 g/mol. The number of fused-ring (bicyclic) bond motifs is 1. The molecule has 0 atom stereocenters. The van der Waals surface area contributed by atoms with Gasteiger partial charge in [0.1, 0.15) is 17.2 Å².